The number of benzene rings is 3. The minimum Gasteiger partial charge on any atom is -0.489 e. The van der Waals surface area contributed by atoms with Crippen LogP contribution in [-0.2, 0) is 25.5 Å². The van der Waals surface area contributed by atoms with E-state index in [4.69, 9.17) is 21.1 Å². The number of amides is 3. The second-order valence-corrected chi connectivity index (χ2v) is 22.2. The van der Waals surface area contributed by atoms with Gasteiger partial charge in [0.15, 0.2) is 5.78 Å². The number of likely N-dealkylation sites (tertiary alicyclic amines) is 1. The number of thiazole rings is 1. The van der Waals surface area contributed by atoms with Crippen LogP contribution in [0.5, 0.6) is 5.75 Å². The number of nitrogens with zero attached hydrogens (tertiary/aromatic N) is 5. The van der Waals surface area contributed by atoms with E-state index in [0.717, 1.165) is 53.6 Å². The number of anilines is 1. The SMILES string of the molecule is Cc1ncsc1-c1ccc(CCC(=O)[C@@H]2C[C@@H](O)CN2C(=O)[C@@H](NC(=O)COCCN2CCN(c3ccc(C(=O)NC4C(C)(C)C(Oc5ccc(C#N)c(Cl)c5)C4(C)C)cc3)CC2)C(C)(C)C)cc1. The van der Waals surface area contributed by atoms with Crippen LogP contribution in [0.3, 0.4) is 0 Å². The Kier molecular flexibility index (Phi) is 15.9. The van der Waals surface area contributed by atoms with Gasteiger partial charge in [0.05, 0.1) is 45.4 Å². The van der Waals surface area contributed by atoms with E-state index in [2.05, 4.69) is 59.2 Å². The number of piperazine rings is 1. The molecule has 3 N–H and O–H groups in total. The molecule has 0 spiro atoms. The molecule has 1 saturated carbocycles. The number of halogens is 1. The second-order valence-electron chi connectivity index (χ2n) is 20.9. The molecule has 14 nitrogen and oxygen atoms in total. The van der Waals surface area contributed by atoms with Crippen LogP contribution in [0.4, 0.5) is 5.69 Å². The Labute approximate surface area is 415 Å². The molecule has 3 fully saturated rings. The summed E-state index contributed by atoms with van der Waals surface area (Å²) in [6, 6.07) is 21.1. The predicted octanol–water partition coefficient (Wildman–Crippen LogP) is 7.09. The first-order valence-corrected chi connectivity index (χ1v) is 25.1. The third-order valence-corrected chi connectivity index (χ3v) is 15.3. The molecule has 69 heavy (non-hydrogen) atoms. The van der Waals surface area contributed by atoms with Gasteiger partial charge in [0.25, 0.3) is 5.91 Å². The van der Waals surface area contributed by atoms with Gasteiger partial charge in [-0.3, -0.25) is 24.1 Å². The summed E-state index contributed by atoms with van der Waals surface area (Å²) in [5.74, 6) is -0.488. The van der Waals surface area contributed by atoms with E-state index in [0.29, 0.717) is 41.5 Å². The van der Waals surface area contributed by atoms with Gasteiger partial charge in [0.2, 0.25) is 11.8 Å². The number of carbonyl (C=O) groups excluding carboxylic acids is 4. The number of hydrogen-bond donors (Lipinski definition) is 3. The van der Waals surface area contributed by atoms with Crippen LogP contribution in [0.1, 0.15) is 88.5 Å². The lowest BCUT2D eigenvalue weighted by Gasteiger charge is -2.63. The number of rotatable bonds is 17. The molecule has 3 aromatic carbocycles. The second kappa shape index (κ2) is 21.3. The monoisotopic (exact) mass is 979 g/mol. The first-order valence-electron chi connectivity index (χ1n) is 23.8. The number of nitrogens with one attached hydrogen (secondary N) is 2. The van der Waals surface area contributed by atoms with E-state index < -0.39 is 29.5 Å². The Balaban J connectivity index is 0.823. The average Bonchev–Trinajstić information content (AvgIpc) is 3.94. The molecule has 1 aromatic heterocycles. The van der Waals surface area contributed by atoms with Gasteiger partial charge >= 0.3 is 0 Å². The summed E-state index contributed by atoms with van der Waals surface area (Å²) in [6.07, 6.45) is -0.132. The van der Waals surface area contributed by atoms with E-state index in [-0.39, 0.29) is 66.6 Å². The van der Waals surface area contributed by atoms with Crippen LogP contribution in [0.2, 0.25) is 5.02 Å². The van der Waals surface area contributed by atoms with E-state index >= 15 is 0 Å². The number of aromatic nitrogens is 1. The summed E-state index contributed by atoms with van der Waals surface area (Å²) >= 11 is 7.85. The summed E-state index contributed by atoms with van der Waals surface area (Å²) in [6.45, 7) is 19.8. The zero-order valence-corrected chi connectivity index (χ0v) is 42.6. The molecule has 368 valence electrons. The van der Waals surface area contributed by atoms with E-state index in [1.54, 1.807) is 29.5 Å². The fraction of sp³-hybridized carbons (Fsp3) is 0.509. The Morgan fingerprint density at radius 1 is 0.986 bits per heavy atom. The number of hydrogen-bond acceptors (Lipinski definition) is 12. The van der Waals surface area contributed by atoms with Crippen molar-refractivity contribution in [3.05, 3.63) is 99.6 Å². The van der Waals surface area contributed by atoms with Gasteiger partial charge in [-0.15, -0.1) is 11.3 Å². The number of Topliss-reactive ketones (excluding diaryl/α,β-unsaturated/α-hetero) is 1. The summed E-state index contributed by atoms with van der Waals surface area (Å²) in [5.41, 5.74) is 5.47. The zero-order chi connectivity index (χ0) is 49.8. The largest absolute Gasteiger partial charge is 0.489 e. The van der Waals surface area contributed by atoms with E-state index in [9.17, 15) is 29.5 Å². The molecule has 0 unspecified atom stereocenters. The fourth-order valence-corrected chi connectivity index (χ4v) is 11.5. The Morgan fingerprint density at radius 2 is 1.67 bits per heavy atom. The minimum absolute atomic E-state index is 0.0305. The number of β-amino-alcohol motifs (C(OH)–C–C–N with tert-alkyl or cyclic N) is 1. The van der Waals surface area contributed by atoms with Gasteiger partial charge in [-0.1, -0.05) is 84.3 Å². The lowest BCUT2D eigenvalue weighted by atomic mass is 9.49. The molecular weight excluding hydrogens is 914 g/mol. The maximum Gasteiger partial charge on any atom is 0.251 e. The standard InChI is InChI=1S/C53H66ClN7O7S/c1-33-45(69-32-56-33)35-12-9-34(10-13-35)11-20-43(63)42-27-39(62)30-61(42)48(66)46(51(2,3)4)57-44(64)31-67-26-25-59-21-23-60(24-22-59)38-17-14-36(15-18-38)47(65)58-49-52(5,6)50(53(49,7)8)68-40-19-16-37(29-55)41(54)28-40/h9-10,12-19,28,32,39,42,46,49-50,62H,11,20-27,30-31H2,1-8H3,(H,57,64)(H,58,65)/t39-,42+,46-,49?,50?/m1/s1. The maximum absolute atomic E-state index is 14.1. The number of aliphatic hydroxyl groups excluding tert-OH is 1. The van der Waals surface area contributed by atoms with Crippen molar-refractivity contribution in [3.63, 3.8) is 0 Å². The van der Waals surface area contributed by atoms with Gasteiger partial charge in [-0.2, -0.15) is 5.26 Å². The molecule has 1 aliphatic carbocycles. The molecule has 3 atom stereocenters. The van der Waals surface area contributed by atoms with Gasteiger partial charge in [0, 0.05) is 86.3 Å². The van der Waals surface area contributed by atoms with Crippen molar-refractivity contribution < 1.29 is 33.8 Å². The van der Waals surface area contributed by atoms with Gasteiger partial charge < -0.3 is 35.0 Å². The number of ketones is 1. The highest BCUT2D eigenvalue weighted by molar-refractivity contribution is 7.13. The van der Waals surface area contributed by atoms with Crippen molar-refractivity contribution in [3.8, 4) is 22.3 Å². The Bertz CT molecular complexity index is 2510. The first-order chi connectivity index (χ1) is 32.7. The van der Waals surface area contributed by atoms with Crippen molar-refractivity contribution in [1.29, 1.82) is 5.26 Å². The number of aliphatic hydroxyl groups is 1. The highest BCUT2D eigenvalue weighted by Crippen LogP contribution is 2.55. The van der Waals surface area contributed by atoms with Gasteiger partial charge in [-0.25, -0.2) is 4.98 Å². The van der Waals surface area contributed by atoms with Crippen LogP contribution >= 0.6 is 22.9 Å². The van der Waals surface area contributed by atoms with Crippen molar-refractivity contribution in [2.45, 2.75) is 105 Å². The van der Waals surface area contributed by atoms with Crippen LogP contribution in [0.15, 0.2) is 72.2 Å². The third-order valence-electron chi connectivity index (χ3n) is 14.1. The topological polar surface area (TPSA) is 177 Å². The van der Waals surface area contributed by atoms with E-state index in [1.807, 2.05) is 81.7 Å². The normalized spacial score (nSPS) is 21.5. The molecule has 0 radical (unpaired) electrons. The summed E-state index contributed by atoms with van der Waals surface area (Å²) in [7, 11) is 0. The molecule has 2 aliphatic heterocycles. The molecule has 0 bridgehead atoms. The lowest BCUT2D eigenvalue weighted by Crippen LogP contribution is -2.74. The molecule has 3 heterocycles. The molecule has 7 rings (SSSR count). The summed E-state index contributed by atoms with van der Waals surface area (Å²) < 4.78 is 12.2. The van der Waals surface area contributed by atoms with Gasteiger partial charge in [-0.05, 0) is 66.3 Å². The smallest absolute Gasteiger partial charge is 0.251 e. The molecule has 3 aliphatic rings. The highest BCUT2D eigenvalue weighted by atomic mass is 35.5. The number of nitriles is 1. The highest BCUT2D eigenvalue weighted by Gasteiger charge is 2.64. The minimum atomic E-state index is -0.925. The van der Waals surface area contributed by atoms with Crippen molar-refractivity contribution in [2.24, 2.45) is 16.2 Å². The third kappa shape index (κ3) is 11.8. The zero-order valence-electron chi connectivity index (χ0n) is 41.0. The fourth-order valence-electron chi connectivity index (χ4n) is 10.4. The molecule has 3 amide bonds. The number of aryl methyl sites for hydroxylation is 2. The average molecular weight is 981 g/mol. The predicted molar refractivity (Wildman–Crippen MR) is 268 cm³/mol. The van der Waals surface area contributed by atoms with Crippen molar-refractivity contribution in [1.82, 2.24) is 25.4 Å². The van der Waals surface area contributed by atoms with E-state index in [1.165, 1.54) is 4.90 Å². The Morgan fingerprint density at radius 3 is 2.28 bits per heavy atom. The van der Waals surface area contributed by atoms with Crippen LogP contribution in [0.25, 0.3) is 10.4 Å². The first kappa shape index (κ1) is 51.5. The Hall–Kier alpha value is -5.37. The van der Waals surface area contributed by atoms with Crippen molar-refractivity contribution >= 4 is 52.1 Å². The lowest BCUT2D eigenvalue weighted by molar-refractivity contribution is -0.164. The summed E-state index contributed by atoms with van der Waals surface area (Å²) in [4.78, 5) is 65.9. The maximum atomic E-state index is 14.1. The van der Waals surface area contributed by atoms with Crippen LogP contribution in [-0.4, -0.2) is 126 Å². The van der Waals surface area contributed by atoms with Crippen LogP contribution < -0.4 is 20.3 Å². The molecule has 4 aromatic rings. The number of ether oxygens (including phenoxy) is 2. The molecule has 16 heteroatoms. The van der Waals surface area contributed by atoms with Crippen LogP contribution in [0, 0.1) is 34.5 Å². The van der Waals surface area contributed by atoms with Crippen molar-refractivity contribution in [2.75, 3.05) is 57.4 Å². The molecular formula is C53H66ClN7O7S. The summed E-state index contributed by atoms with van der Waals surface area (Å²) in [5, 5.41) is 26.4. The number of carbonyl (C=O) groups is 4. The molecule has 2 saturated heterocycles. The quantitative estimate of drug-likeness (QED) is 0.0921. The van der Waals surface area contributed by atoms with Gasteiger partial charge in [0.1, 0.15) is 30.6 Å².